The SMILES string of the molecule is CCc1nc2ccc(C3CCN(C(=O)CCl)CC3)cn2c1N(C)c1nc(-c2ccc(F)cc2)cs1.CCc1nc2ccc(C3CCN(C(=O)CN4CC(F)(F)C4)CC3)cn2c1N(C)c1nc(-c2ccc(F)cc2)cs1. The van der Waals surface area contributed by atoms with Crippen LogP contribution in [0.5, 0.6) is 0 Å². The molecule has 6 aromatic heterocycles. The van der Waals surface area contributed by atoms with Gasteiger partial charge in [-0.05, 0) is 122 Å². The average Bonchev–Trinajstić information content (AvgIpc) is 4.28. The second-order valence-electron chi connectivity index (χ2n) is 19.5. The number of fused-ring (bicyclic) bond motifs is 2. The number of alkyl halides is 3. The molecule has 3 fully saturated rings. The van der Waals surface area contributed by atoms with Crippen LogP contribution in [0.2, 0.25) is 0 Å². The summed E-state index contributed by atoms with van der Waals surface area (Å²) < 4.78 is 57.2. The summed E-state index contributed by atoms with van der Waals surface area (Å²) in [5, 5.41) is 5.63. The lowest BCUT2D eigenvalue weighted by molar-refractivity contribution is -0.151. The van der Waals surface area contributed by atoms with Gasteiger partial charge in [0.1, 0.15) is 40.4 Å². The molecule has 0 atom stereocenters. The molecule has 20 heteroatoms. The van der Waals surface area contributed by atoms with E-state index in [-0.39, 0.29) is 54.9 Å². The monoisotopic (exact) mass is 1080 g/mol. The summed E-state index contributed by atoms with van der Waals surface area (Å²) in [6, 6.07) is 21.1. The number of likely N-dealkylation sites (tertiary alicyclic amines) is 3. The number of amides is 2. The van der Waals surface area contributed by atoms with Gasteiger partial charge in [0.25, 0.3) is 5.92 Å². The van der Waals surface area contributed by atoms with Gasteiger partial charge in [-0.15, -0.1) is 34.3 Å². The third kappa shape index (κ3) is 11.1. The van der Waals surface area contributed by atoms with E-state index < -0.39 is 5.92 Å². The van der Waals surface area contributed by atoms with Gasteiger partial charge >= 0.3 is 0 Å². The molecule has 13 nitrogen and oxygen atoms in total. The van der Waals surface area contributed by atoms with Crippen LogP contribution in [0.15, 0.2) is 96.0 Å². The Morgan fingerprint density at radius 3 is 1.43 bits per heavy atom. The molecular weight excluding hydrogens is 1020 g/mol. The van der Waals surface area contributed by atoms with Gasteiger partial charge in [-0.3, -0.25) is 23.3 Å². The van der Waals surface area contributed by atoms with Crippen LogP contribution in [0, 0.1) is 11.6 Å². The van der Waals surface area contributed by atoms with E-state index >= 15 is 0 Å². The van der Waals surface area contributed by atoms with Crippen LogP contribution in [0.3, 0.4) is 0 Å². The fourth-order valence-electron chi connectivity index (χ4n) is 10.4. The lowest BCUT2D eigenvalue weighted by Crippen LogP contribution is -2.59. The molecule has 0 bridgehead atoms. The number of benzene rings is 2. The molecule has 3 aliphatic heterocycles. The standard InChI is InChI=1S/C29H31F3N6OS.C26H27ClFN5OS/c1-3-23-27(35(2)28-34-24(16-40-28)20-4-7-22(30)8-5-20)38-14-21(6-9-25(38)33-23)19-10-12-37(13-11-19)26(39)15-36-17-29(31,32)18-36;1-3-21-25(31(2)26-30-22(16-35-26)18-4-7-20(28)8-5-18)33-15-19(6-9-23(33)29-21)17-10-12-32(13-11-17)24(34)14-27/h4-9,14,16,19H,3,10-13,15,17-18H2,1-2H3;4-9,15-17H,3,10-14H2,1-2H3. The van der Waals surface area contributed by atoms with E-state index in [2.05, 4.69) is 63.0 Å². The van der Waals surface area contributed by atoms with Crippen LogP contribution >= 0.6 is 34.3 Å². The molecule has 0 unspecified atom stereocenters. The number of aryl methyl sites for hydroxylation is 2. The topological polar surface area (TPSA) is 111 Å². The Hall–Kier alpha value is -6.41. The van der Waals surface area contributed by atoms with Gasteiger partial charge in [0, 0.05) is 74.6 Å². The molecule has 0 N–H and O–H groups in total. The van der Waals surface area contributed by atoms with Crippen molar-refractivity contribution in [2.24, 2.45) is 0 Å². The predicted octanol–water partition coefficient (Wildman–Crippen LogP) is 11.5. The summed E-state index contributed by atoms with van der Waals surface area (Å²) in [6.45, 7) is 6.30. The fraction of sp³-hybridized carbons (Fsp3) is 0.382. The Morgan fingerprint density at radius 1 is 0.627 bits per heavy atom. The molecule has 75 heavy (non-hydrogen) atoms. The van der Waals surface area contributed by atoms with E-state index in [0.717, 1.165) is 119 Å². The fourth-order valence-corrected chi connectivity index (χ4v) is 12.2. The highest BCUT2D eigenvalue weighted by molar-refractivity contribution is 7.14. The van der Waals surface area contributed by atoms with Gasteiger partial charge in [-0.1, -0.05) is 26.0 Å². The second-order valence-corrected chi connectivity index (χ2v) is 21.4. The second kappa shape index (κ2) is 22.0. The normalized spacial score (nSPS) is 16.3. The number of rotatable bonds is 13. The van der Waals surface area contributed by atoms with Crippen LogP contribution in [0.25, 0.3) is 33.8 Å². The Kier molecular flexibility index (Phi) is 15.3. The largest absolute Gasteiger partial charge is 0.342 e. The summed E-state index contributed by atoms with van der Waals surface area (Å²) in [4.78, 5) is 53.3. The van der Waals surface area contributed by atoms with E-state index in [1.807, 2.05) is 35.8 Å². The zero-order valence-electron chi connectivity index (χ0n) is 42.2. The molecular formula is C55H58ClF4N11O2S2. The molecule has 9 heterocycles. The van der Waals surface area contributed by atoms with Gasteiger partial charge in [-0.25, -0.2) is 37.5 Å². The molecule has 392 valence electrons. The first-order valence-electron chi connectivity index (χ1n) is 25.3. The lowest BCUT2D eigenvalue weighted by atomic mass is 9.90. The minimum atomic E-state index is -2.66. The molecule has 0 aliphatic carbocycles. The first-order chi connectivity index (χ1) is 36.2. The Labute approximate surface area is 446 Å². The average molecular weight is 1080 g/mol. The number of aromatic nitrogens is 6. The van der Waals surface area contributed by atoms with Gasteiger partial charge in [0.2, 0.25) is 11.8 Å². The Morgan fingerprint density at radius 2 is 1.04 bits per heavy atom. The first kappa shape index (κ1) is 52.0. The quantitative estimate of drug-likeness (QED) is 0.0823. The third-order valence-electron chi connectivity index (χ3n) is 14.5. The van der Waals surface area contributed by atoms with Crippen molar-refractivity contribution in [3.8, 4) is 22.5 Å². The highest BCUT2D eigenvalue weighted by Crippen LogP contribution is 2.38. The number of hydrogen-bond acceptors (Lipinski definition) is 11. The smallest absolute Gasteiger partial charge is 0.272 e. The maximum absolute atomic E-state index is 13.4. The minimum Gasteiger partial charge on any atom is -0.342 e. The number of pyridine rings is 2. The summed E-state index contributed by atoms with van der Waals surface area (Å²) in [7, 11) is 4.00. The first-order valence-corrected chi connectivity index (χ1v) is 27.6. The lowest BCUT2D eigenvalue weighted by Gasteiger charge is -2.40. The number of nitrogens with zero attached hydrogens (tertiary/aromatic N) is 11. The third-order valence-corrected chi connectivity index (χ3v) is 16.6. The number of halogens is 5. The van der Waals surface area contributed by atoms with Crippen molar-refractivity contribution in [3.05, 3.63) is 130 Å². The summed E-state index contributed by atoms with van der Waals surface area (Å²) in [5.74, 6) is -0.582. The summed E-state index contributed by atoms with van der Waals surface area (Å²) in [6.07, 6.45) is 9.37. The highest BCUT2D eigenvalue weighted by Gasteiger charge is 2.44. The molecule has 0 spiro atoms. The zero-order chi connectivity index (χ0) is 52.5. The van der Waals surface area contributed by atoms with Gasteiger partial charge < -0.3 is 19.6 Å². The van der Waals surface area contributed by atoms with Gasteiger partial charge in [-0.2, -0.15) is 0 Å². The Bertz CT molecular complexity index is 3300. The number of thiazole rings is 2. The number of hydrogen-bond donors (Lipinski definition) is 0. The predicted molar refractivity (Wildman–Crippen MR) is 289 cm³/mol. The van der Waals surface area contributed by atoms with Gasteiger partial charge in [0.05, 0.1) is 42.4 Å². The van der Waals surface area contributed by atoms with Crippen LogP contribution in [0.4, 0.5) is 39.5 Å². The van der Waals surface area contributed by atoms with Crippen molar-refractivity contribution in [3.63, 3.8) is 0 Å². The van der Waals surface area contributed by atoms with Gasteiger partial charge in [0.15, 0.2) is 10.3 Å². The van der Waals surface area contributed by atoms with Crippen molar-refractivity contribution in [2.75, 3.05) is 75.6 Å². The number of carbonyl (C=O) groups excluding carboxylic acids is 2. The van der Waals surface area contributed by atoms with E-state index in [0.29, 0.717) is 19.0 Å². The number of imidazole rings is 2. The van der Waals surface area contributed by atoms with E-state index in [4.69, 9.17) is 31.5 Å². The molecule has 11 rings (SSSR count). The summed E-state index contributed by atoms with van der Waals surface area (Å²) >= 11 is 8.81. The van der Waals surface area contributed by atoms with E-state index in [9.17, 15) is 27.2 Å². The minimum absolute atomic E-state index is 0.00938. The van der Waals surface area contributed by atoms with Crippen LogP contribution in [0.1, 0.15) is 73.9 Å². The molecule has 0 saturated carbocycles. The van der Waals surface area contributed by atoms with Crippen molar-refractivity contribution in [1.82, 2.24) is 43.4 Å². The Balaban J connectivity index is 0.000000173. The molecule has 8 aromatic rings. The summed E-state index contributed by atoms with van der Waals surface area (Å²) in [5.41, 5.74) is 9.53. The number of anilines is 4. The van der Waals surface area contributed by atoms with Crippen LogP contribution < -0.4 is 9.80 Å². The number of piperidine rings is 2. The van der Waals surface area contributed by atoms with E-state index in [1.165, 1.54) is 51.6 Å². The molecule has 3 saturated heterocycles. The molecule has 0 radical (unpaired) electrons. The van der Waals surface area contributed by atoms with Crippen molar-refractivity contribution >= 4 is 79.3 Å². The van der Waals surface area contributed by atoms with E-state index in [1.54, 1.807) is 40.5 Å². The molecule has 2 amide bonds. The number of carbonyl (C=O) groups is 2. The van der Waals surface area contributed by atoms with Crippen molar-refractivity contribution < 1.29 is 27.2 Å². The highest BCUT2D eigenvalue weighted by atomic mass is 35.5. The maximum Gasteiger partial charge on any atom is 0.272 e. The van der Waals surface area contributed by atoms with Crippen molar-refractivity contribution in [2.45, 2.75) is 70.1 Å². The zero-order valence-corrected chi connectivity index (χ0v) is 44.6. The molecule has 2 aromatic carbocycles. The maximum atomic E-state index is 13.4. The molecule has 3 aliphatic rings. The van der Waals surface area contributed by atoms with Crippen molar-refractivity contribution in [1.29, 1.82) is 0 Å². The van der Waals surface area contributed by atoms with Crippen LogP contribution in [-0.2, 0) is 22.4 Å². The van der Waals surface area contributed by atoms with Crippen LogP contribution in [-0.4, -0.2) is 127 Å².